The van der Waals surface area contributed by atoms with E-state index in [4.69, 9.17) is 5.73 Å². The monoisotopic (exact) mass is 261 g/mol. The molecule has 0 aliphatic carbocycles. The molecular weight excluding hydrogens is 246 g/mol. The first-order valence-corrected chi connectivity index (χ1v) is 6.47. The summed E-state index contributed by atoms with van der Waals surface area (Å²) in [6, 6.07) is 24.1. The highest BCUT2D eigenvalue weighted by molar-refractivity contribution is 5.81. The van der Waals surface area contributed by atoms with Gasteiger partial charge in [-0.05, 0) is 36.4 Å². The Morgan fingerprint density at radius 3 is 1.75 bits per heavy atom. The molecule has 0 bridgehead atoms. The lowest BCUT2D eigenvalue weighted by atomic mass is 10.2. The van der Waals surface area contributed by atoms with Gasteiger partial charge in [-0.2, -0.15) is 0 Å². The number of anilines is 4. The molecule has 3 heteroatoms. The Morgan fingerprint density at radius 1 is 0.700 bits per heavy atom. The van der Waals surface area contributed by atoms with Gasteiger partial charge in [-0.1, -0.05) is 36.4 Å². The van der Waals surface area contributed by atoms with Crippen LogP contribution in [0.3, 0.4) is 0 Å². The Hall–Kier alpha value is -2.81. The van der Waals surface area contributed by atoms with Gasteiger partial charge in [0.15, 0.2) is 0 Å². The summed E-state index contributed by atoms with van der Waals surface area (Å²) in [5.41, 5.74) is 9.03. The van der Waals surface area contributed by atoms with E-state index >= 15 is 0 Å². The van der Waals surface area contributed by atoms with Crippen molar-refractivity contribution in [3.05, 3.63) is 79.0 Å². The Balaban J connectivity index is 2.17. The number of nitrogens with zero attached hydrogens (tertiary/aromatic N) is 2. The van der Waals surface area contributed by atoms with Crippen LogP contribution in [0, 0.1) is 0 Å². The van der Waals surface area contributed by atoms with E-state index in [2.05, 4.69) is 34.1 Å². The average Bonchev–Trinajstić information content (AvgIpc) is 2.52. The summed E-state index contributed by atoms with van der Waals surface area (Å²) < 4.78 is 0. The molecule has 0 aliphatic heterocycles. The van der Waals surface area contributed by atoms with E-state index in [1.807, 2.05) is 48.5 Å². The number of rotatable bonds is 3. The molecule has 0 saturated carbocycles. The van der Waals surface area contributed by atoms with Gasteiger partial charge in [0.25, 0.3) is 0 Å². The van der Waals surface area contributed by atoms with Gasteiger partial charge >= 0.3 is 0 Å². The van der Waals surface area contributed by atoms with Gasteiger partial charge in [0.05, 0.1) is 5.69 Å². The maximum Gasteiger partial charge on any atom is 0.147 e. The Labute approximate surface area is 118 Å². The van der Waals surface area contributed by atoms with Crippen LogP contribution in [-0.4, -0.2) is 4.98 Å². The summed E-state index contributed by atoms with van der Waals surface area (Å²) in [7, 11) is 0. The zero-order chi connectivity index (χ0) is 13.8. The van der Waals surface area contributed by atoms with Crippen LogP contribution in [0.5, 0.6) is 0 Å². The minimum atomic E-state index is 0.514. The van der Waals surface area contributed by atoms with Crippen LogP contribution in [0.15, 0.2) is 79.0 Å². The van der Waals surface area contributed by atoms with E-state index in [1.165, 1.54) is 0 Å². The molecule has 0 radical (unpaired) electrons. The zero-order valence-electron chi connectivity index (χ0n) is 11.0. The third-order valence-corrected chi connectivity index (χ3v) is 3.09. The standard InChI is InChI=1S/C17H15N3/c18-17-16(12-7-13-19-17)20(14-8-3-1-4-9-14)15-10-5-2-6-11-15/h1-13H,(H2,18,19). The van der Waals surface area contributed by atoms with Gasteiger partial charge in [0.1, 0.15) is 5.82 Å². The van der Waals surface area contributed by atoms with Crippen molar-refractivity contribution in [2.75, 3.05) is 10.6 Å². The third kappa shape index (κ3) is 2.34. The summed E-state index contributed by atoms with van der Waals surface area (Å²) in [5, 5.41) is 0. The molecule has 0 atom stereocenters. The van der Waals surface area contributed by atoms with Crippen molar-refractivity contribution in [1.82, 2.24) is 4.98 Å². The minimum absolute atomic E-state index is 0.514. The van der Waals surface area contributed by atoms with Gasteiger partial charge in [-0.25, -0.2) is 4.98 Å². The van der Waals surface area contributed by atoms with E-state index in [-0.39, 0.29) is 0 Å². The first kappa shape index (κ1) is 12.2. The Kier molecular flexibility index (Phi) is 3.33. The SMILES string of the molecule is Nc1ncccc1N(c1ccccc1)c1ccccc1. The van der Waals surface area contributed by atoms with Crippen molar-refractivity contribution in [2.45, 2.75) is 0 Å². The van der Waals surface area contributed by atoms with Gasteiger partial charge < -0.3 is 10.6 Å². The smallest absolute Gasteiger partial charge is 0.147 e. The van der Waals surface area contributed by atoms with E-state index in [1.54, 1.807) is 6.20 Å². The van der Waals surface area contributed by atoms with Crippen LogP contribution in [0.1, 0.15) is 0 Å². The van der Waals surface area contributed by atoms with Crippen molar-refractivity contribution < 1.29 is 0 Å². The molecule has 1 aromatic heterocycles. The summed E-state index contributed by atoms with van der Waals surface area (Å²) in [4.78, 5) is 6.29. The normalized spacial score (nSPS) is 10.2. The lowest BCUT2D eigenvalue weighted by Crippen LogP contribution is -2.12. The summed E-state index contributed by atoms with van der Waals surface area (Å²) in [6.45, 7) is 0. The molecule has 2 N–H and O–H groups in total. The molecule has 3 rings (SSSR count). The first-order valence-electron chi connectivity index (χ1n) is 6.47. The lowest BCUT2D eigenvalue weighted by molar-refractivity contribution is 1.24. The van der Waals surface area contributed by atoms with Crippen molar-refractivity contribution >= 4 is 22.9 Å². The second kappa shape index (κ2) is 5.45. The fraction of sp³-hybridized carbons (Fsp3) is 0. The summed E-state index contributed by atoms with van der Waals surface area (Å²) in [6.07, 6.45) is 1.70. The highest BCUT2D eigenvalue weighted by Gasteiger charge is 2.14. The molecule has 3 aromatic rings. The maximum atomic E-state index is 6.04. The second-order valence-electron chi connectivity index (χ2n) is 4.41. The molecule has 2 aromatic carbocycles. The molecule has 0 spiro atoms. The van der Waals surface area contributed by atoms with Crippen LogP contribution in [0.25, 0.3) is 0 Å². The molecule has 3 nitrogen and oxygen atoms in total. The number of hydrogen-bond donors (Lipinski definition) is 1. The van der Waals surface area contributed by atoms with Crippen LogP contribution >= 0.6 is 0 Å². The number of nitrogens with two attached hydrogens (primary N) is 1. The Bertz CT molecular complexity index is 641. The fourth-order valence-electron chi connectivity index (χ4n) is 2.18. The number of hydrogen-bond acceptors (Lipinski definition) is 3. The van der Waals surface area contributed by atoms with Crippen molar-refractivity contribution in [2.24, 2.45) is 0 Å². The van der Waals surface area contributed by atoms with Crippen LogP contribution in [-0.2, 0) is 0 Å². The van der Waals surface area contributed by atoms with Crippen LogP contribution in [0.2, 0.25) is 0 Å². The van der Waals surface area contributed by atoms with Gasteiger partial charge in [-0.15, -0.1) is 0 Å². The van der Waals surface area contributed by atoms with Crippen LogP contribution < -0.4 is 10.6 Å². The first-order chi connectivity index (χ1) is 9.86. The summed E-state index contributed by atoms with van der Waals surface area (Å²) >= 11 is 0. The lowest BCUT2D eigenvalue weighted by Gasteiger charge is -2.25. The second-order valence-corrected chi connectivity index (χ2v) is 4.41. The quantitative estimate of drug-likeness (QED) is 0.770. The third-order valence-electron chi connectivity index (χ3n) is 3.09. The molecule has 20 heavy (non-hydrogen) atoms. The maximum absolute atomic E-state index is 6.04. The molecular formula is C17H15N3. The van der Waals surface area contributed by atoms with Crippen molar-refractivity contribution in [1.29, 1.82) is 0 Å². The average molecular weight is 261 g/mol. The predicted octanol–water partition coefficient (Wildman–Crippen LogP) is 4.13. The summed E-state index contributed by atoms with van der Waals surface area (Å²) in [5.74, 6) is 0.514. The number of benzene rings is 2. The van der Waals surface area contributed by atoms with E-state index in [0.29, 0.717) is 5.82 Å². The number of para-hydroxylation sites is 2. The van der Waals surface area contributed by atoms with Crippen molar-refractivity contribution in [3.8, 4) is 0 Å². The van der Waals surface area contributed by atoms with E-state index < -0.39 is 0 Å². The van der Waals surface area contributed by atoms with Gasteiger partial charge in [-0.3, -0.25) is 0 Å². The number of nitrogen functional groups attached to an aromatic ring is 1. The molecule has 0 fully saturated rings. The fourth-order valence-corrected chi connectivity index (χ4v) is 2.18. The van der Waals surface area contributed by atoms with Gasteiger partial charge in [0.2, 0.25) is 0 Å². The number of aromatic nitrogens is 1. The molecule has 98 valence electrons. The van der Waals surface area contributed by atoms with Crippen molar-refractivity contribution in [3.63, 3.8) is 0 Å². The predicted molar refractivity (Wildman–Crippen MR) is 83.3 cm³/mol. The van der Waals surface area contributed by atoms with E-state index in [9.17, 15) is 0 Å². The molecule has 0 unspecified atom stereocenters. The highest BCUT2D eigenvalue weighted by Crippen LogP contribution is 2.36. The largest absolute Gasteiger partial charge is 0.382 e. The highest BCUT2D eigenvalue weighted by atomic mass is 15.2. The number of pyridine rings is 1. The molecule has 0 amide bonds. The molecule has 0 saturated heterocycles. The van der Waals surface area contributed by atoms with E-state index in [0.717, 1.165) is 17.1 Å². The minimum Gasteiger partial charge on any atom is -0.382 e. The molecule has 1 heterocycles. The zero-order valence-corrected chi connectivity index (χ0v) is 11.0. The van der Waals surface area contributed by atoms with Gasteiger partial charge in [0, 0.05) is 17.6 Å². The topological polar surface area (TPSA) is 42.1 Å². The Morgan fingerprint density at radius 2 is 1.25 bits per heavy atom. The molecule has 0 aliphatic rings. The van der Waals surface area contributed by atoms with Crippen LogP contribution in [0.4, 0.5) is 22.9 Å².